The highest BCUT2D eigenvalue weighted by molar-refractivity contribution is 8.00. The Morgan fingerprint density at radius 3 is 2.84 bits per heavy atom. The van der Waals surface area contributed by atoms with Crippen molar-refractivity contribution in [2.24, 2.45) is 0 Å². The number of carbonyl (C=O) groups is 2. The Balaban J connectivity index is 1.73. The Bertz CT molecular complexity index is 957. The Morgan fingerprint density at radius 1 is 1.32 bits per heavy atom. The van der Waals surface area contributed by atoms with E-state index < -0.39 is 5.25 Å². The third-order valence-corrected chi connectivity index (χ3v) is 4.70. The third kappa shape index (κ3) is 4.00. The molecule has 128 valence electrons. The number of hydrogen-bond donors (Lipinski definition) is 2. The molecule has 0 saturated heterocycles. The molecule has 0 unspecified atom stereocenters. The van der Waals surface area contributed by atoms with E-state index in [-0.39, 0.29) is 11.7 Å². The van der Waals surface area contributed by atoms with Gasteiger partial charge in [0.25, 0.3) is 0 Å². The van der Waals surface area contributed by atoms with Crippen LogP contribution in [0.1, 0.15) is 24.2 Å². The summed E-state index contributed by atoms with van der Waals surface area (Å²) in [5.41, 5.74) is 2.24. The van der Waals surface area contributed by atoms with Crippen LogP contribution in [0, 0.1) is 0 Å². The van der Waals surface area contributed by atoms with Crippen LogP contribution in [0.3, 0.4) is 0 Å². The molecule has 2 heterocycles. The van der Waals surface area contributed by atoms with Crippen LogP contribution in [0.4, 0.5) is 5.69 Å². The normalized spacial score (nSPS) is 12.1. The molecule has 8 heteroatoms. The number of Topliss-reactive ketones (excluding diaryl/α,β-unsaturated/α-hetero) is 1. The molecule has 0 fully saturated rings. The number of nitrogens with zero attached hydrogens (tertiary/aromatic N) is 2. The number of aromatic amines is 1. The number of pyridine rings is 1. The number of hydrogen-bond acceptors (Lipinski definition) is 5. The first-order valence-electron chi connectivity index (χ1n) is 7.53. The van der Waals surface area contributed by atoms with Crippen LogP contribution in [0.15, 0.2) is 41.7 Å². The summed E-state index contributed by atoms with van der Waals surface area (Å²) in [5, 5.41) is 3.46. The van der Waals surface area contributed by atoms with Gasteiger partial charge in [0.2, 0.25) is 5.91 Å². The van der Waals surface area contributed by atoms with Gasteiger partial charge in [-0.05, 0) is 32.0 Å². The quantitative estimate of drug-likeness (QED) is 0.521. The van der Waals surface area contributed by atoms with Gasteiger partial charge >= 0.3 is 0 Å². The molecule has 25 heavy (non-hydrogen) atoms. The lowest BCUT2D eigenvalue weighted by molar-refractivity contribution is -0.115. The van der Waals surface area contributed by atoms with Crippen molar-refractivity contribution in [3.63, 3.8) is 0 Å². The van der Waals surface area contributed by atoms with Crippen molar-refractivity contribution in [2.45, 2.75) is 24.3 Å². The highest BCUT2D eigenvalue weighted by Crippen LogP contribution is 2.25. The summed E-state index contributed by atoms with van der Waals surface area (Å²) in [5.74, 6) is -0.318. The Morgan fingerprint density at radius 2 is 2.08 bits per heavy atom. The maximum atomic E-state index is 12.4. The second kappa shape index (κ2) is 7.25. The SMILES string of the molecule is CC(=O)c1ccccc1NC(=O)[C@@H](C)Sc1nc2ncc(Cl)cc2[nH]1. The van der Waals surface area contributed by atoms with Gasteiger partial charge in [0.1, 0.15) is 0 Å². The van der Waals surface area contributed by atoms with Gasteiger partial charge < -0.3 is 10.3 Å². The summed E-state index contributed by atoms with van der Waals surface area (Å²) < 4.78 is 0. The highest BCUT2D eigenvalue weighted by atomic mass is 35.5. The minimum absolute atomic E-state index is 0.101. The highest BCUT2D eigenvalue weighted by Gasteiger charge is 2.18. The summed E-state index contributed by atoms with van der Waals surface area (Å²) in [6, 6.07) is 8.66. The second-order valence-corrected chi connectivity index (χ2v) is 7.18. The largest absolute Gasteiger partial charge is 0.331 e. The molecule has 0 aliphatic carbocycles. The van der Waals surface area contributed by atoms with Crippen LogP contribution < -0.4 is 5.32 Å². The first kappa shape index (κ1) is 17.4. The second-order valence-electron chi connectivity index (χ2n) is 5.42. The lowest BCUT2D eigenvalue weighted by atomic mass is 10.1. The molecule has 1 atom stereocenters. The van der Waals surface area contributed by atoms with Gasteiger partial charge in [-0.15, -0.1) is 0 Å². The number of imidazole rings is 1. The summed E-state index contributed by atoms with van der Waals surface area (Å²) >= 11 is 7.18. The molecule has 0 spiro atoms. The van der Waals surface area contributed by atoms with E-state index in [9.17, 15) is 9.59 Å². The fraction of sp³-hybridized carbons (Fsp3) is 0.176. The molecule has 1 amide bonds. The van der Waals surface area contributed by atoms with Gasteiger partial charge in [0.15, 0.2) is 16.6 Å². The molecule has 0 aliphatic rings. The molecule has 0 saturated carbocycles. The average Bonchev–Trinajstić information content (AvgIpc) is 2.96. The van der Waals surface area contributed by atoms with Crippen LogP contribution in [-0.2, 0) is 4.79 Å². The zero-order valence-electron chi connectivity index (χ0n) is 13.5. The van der Waals surface area contributed by atoms with Crippen LogP contribution in [0.5, 0.6) is 0 Å². The predicted octanol–water partition coefficient (Wildman–Crippen LogP) is 3.93. The van der Waals surface area contributed by atoms with Crippen molar-refractivity contribution in [1.82, 2.24) is 15.0 Å². The van der Waals surface area contributed by atoms with Crippen molar-refractivity contribution < 1.29 is 9.59 Å². The van der Waals surface area contributed by atoms with Crippen LogP contribution >= 0.6 is 23.4 Å². The molecule has 3 rings (SSSR count). The van der Waals surface area contributed by atoms with Gasteiger partial charge in [0, 0.05) is 11.8 Å². The molecular weight excluding hydrogens is 360 g/mol. The fourth-order valence-electron chi connectivity index (χ4n) is 2.26. The summed E-state index contributed by atoms with van der Waals surface area (Å²) in [7, 11) is 0. The number of ketones is 1. The summed E-state index contributed by atoms with van der Waals surface area (Å²) in [4.78, 5) is 35.6. The number of halogens is 1. The number of anilines is 1. The van der Waals surface area contributed by atoms with Crippen LogP contribution in [-0.4, -0.2) is 31.9 Å². The van der Waals surface area contributed by atoms with Crippen LogP contribution in [0.2, 0.25) is 5.02 Å². The molecule has 2 aromatic heterocycles. The number of carbonyl (C=O) groups excluding carboxylic acids is 2. The lowest BCUT2D eigenvalue weighted by Crippen LogP contribution is -2.23. The van der Waals surface area contributed by atoms with E-state index in [0.717, 1.165) is 0 Å². The Hall–Kier alpha value is -2.38. The fourth-order valence-corrected chi connectivity index (χ4v) is 3.23. The molecular formula is C17H15ClN4O2S. The molecule has 0 aliphatic heterocycles. The van der Waals surface area contributed by atoms with E-state index in [2.05, 4.69) is 20.3 Å². The number of para-hydroxylation sites is 1. The average molecular weight is 375 g/mol. The van der Waals surface area contributed by atoms with E-state index in [1.165, 1.54) is 24.9 Å². The van der Waals surface area contributed by atoms with E-state index in [1.807, 2.05) is 0 Å². The zero-order chi connectivity index (χ0) is 18.0. The molecule has 6 nitrogen and oxygen atoms in total. The smallest absolute Gasteiger partial charge is 0.237 e. The number of aromatic nitrogens is 3. The monoisotopic (exact) mass is 374 g/mol. The predicted molar refractivity (Wildman–Crippen MR) is 99.3 cm³/mol. The Kier molecular flexibility index (Phi) is 5.06. The number of benzene rings is 1. The number of amides is 1. The van der Waals surface area contributed by atoms with Gasteiger partial charge in [-0.1, -0.05) is 35.5 Å². The van der Waals surface area contributed by atoms with Gasteiger partial charge in [-0.3, -0.25) is 9.59 Å². The van der Waals surface area contributed by atoms with Gasteiger partial charge in [-0.2, -0.15) is 0 Å². The maximum Gasteiger partial charge on any atom is 0.237 e. The maximum absolute atomic E-state index is 12.4. The summed E-state index contributed by atoms with van der Waals surface area (Å²) in [6.07, 6.45) is 1.52. The Labute approximate surface area is 153 Å². The first-order valence-corrected chi connectivity index (χ1v) is 8.78. The minimum atomic E-state index is -0.420. The lowest BCUT2D eigenvalue weighted by Gasteiger charge is -2.12. The van der Waals surface area contributed by atoms with Crippen molar-refractivity contribution in [3.8, 4) is 0 Å². The van der Waals surface area contributed by atoms with E-state index in [4.69, 9.17) is 11.6 Å². The van der Waals surface area contributed by atoms with Crippen molar-refractivity contribution >= 4 is 51.9 Å². The standard InChI is InChI=1S/C17H15ClN4O2S/c1-9(23)12-5-3-4-6-13(12)20-16(24)10(2)25-17-21-14-7-11(18)8-19-15(14)22-17/h3-8,10H,1-2H3,(H,20,24)(H,19,21,22)/t10-/m1/s1. The summed E-state index contributed by atoms with van der Waals surface area (Å²) in [6.45, 7) is 3.24. The molecule has 0 radical (unpaired) electrons. The topological polar surface area (TPSA) is 87.7 Å². The zero-order valence-corrected chi connectivity index (χ0v) is 15.1. The number of H-pyrrole nitrogens is 1. The van der Waals surface area contributed by atoms with E-state index >= 15 is 0 Å². The number of thioether (sulfide) groups is 1. The van der Waals surface area contributed by atoms with Gasteiger partial charge in [-0.25, -0.2) is 9.97 Å². The molecule has 1 aromatic carbocycles. The van der Waals surface area contributed by atoms with Gasteiger partial charge in [0.05, 0.1) is 21.5 Å². The van der Waals surface area contributed by atoms with E-state index in [0.29, 0.717) is 32.6 Å². The van der Waals surface area contributed by atoms with Crippen molar-refractivity contribution in [3.05, 3.63) is 47.1 Å². The minimum Gasteiger partial charge on any atom is -0.331 e. The molecule has 0 bridgehead atoms. The van der Waals surface area contributed by atoms with Crippen LogP contribution in [0.25, 0.3) is 11.2 Å². The van der Waals surface area contributed by atoms with Crippen molar-refractivity contribution in [1.29, 1.82) is 0 Å². The first-order chi connectivity index (χ1) is 11.9. The number of nitrogens with one attached hydrogen (secondary N) is 2. The molecule has 2 N–H and O–H groups in total. The third-order valence-electron chi connectivity index (χ3n) is 3.50. The number of rotatable bonds is 5. The van der Waals surface area contributed by atoms with Crippen molar-refractivity contribution in [2.75, 3.05) is 5.32 Å². The van der Waals surface area contributed by atoms with E-state index in [1.54, 1.807) is 37.3 Å². The molecule has 3 aromatic rings. The number of fused-ring (bicyclic) bond motifs is 1.